The smallest absolute Gasteiger partial charge is 0.254 e. The number of nitrogens with zero attached hydrogens (tertiary/aromatic N) is 2. The second kappa shape index (κ2) is 7.34. The number of nitrogen functional groups attached to an aromatic ring is 1. The average Bonchev–Trinajstić information content (AvgIpc) is 2.60. The number of aromatic hydroxyl groups is 1. The zero-order valence-corrected chi connectivity index (χ0v) is 13.7. The van der Waals surface area contributed by atoms with Crippen molar-refractivity contribution in [1.29, 1.82) is 0 Å². The van der Waals surface area contributed by atoms with E-state index in [2.05, 4.69) is 4.98 Å². The first kappa shape index (κ1) is 16.3. The van der Waals surface area contributed by atoms with E-state index in [4.69, 9.17) is 5.73 Å². The highest BCUT2D eigenvalue weighted by Gasteiger charge is 2.27. The van der Waals surface area contributed by atoms with Crippen molar-refractivity contribution in [2.24, 2.45) is 0 Å². The van der Waals surface area contributed by atoms with Gasteiger partial charge in [-0.1, -0.05) is 12.1 Å². The van der Waals surface area contributed by atoms with Crippen LogP contribution in [0.25, 0.3) is 0 Å². The number of piperidine rings is 1. The number of rotatable bonds is 4. The molecular formula is C19H23N3O2. The third-order valence-corrected chi connectivity index (χ3v) is 4.59. The average molecular weight is 325 g/mol. The SMILES string of the molecule is Nc1cc(C(=O)N2CCCC[C@@H]2CCc2cccc(O)c2)ccn1. The van der Waals surface area contributed by atoms with E-state index in [1.807, 2.05) is 17.0 Å². The van der Waals surface area contributed by atoms with Gasteiger partial charge in [-0.25, -0.2) is 4.98 Å². The van der Waals surface area contributed by atoms with Gasteiger partial charge in [-0.2, -0.15) is 0 Å². The molecule has 0 unspecified atom stereocenters. The number of phenolic OH excluding ortho intramolecular Hbond substituents is 1. The van der Waals surface area contributed by atoms with Crippen molar-refractivity contribution in [3.05, 3.63) is 53.7 Å². The Morgan fingerprint density at radius 2 is 2.17 bits per heavy atom. The zero-order chi connectivity index (χ0) is 16.9. The highest BCUT2D eigenvalue weighted by atomic mass is 16.3. The molecule has 24 heavy (non-hydrogen) atoms. The molecule has 1 atom stereocenters. The van der Waals surface area contributed by atoms with Crippen LogP contribution in [0.2, 0.25) is 0 Å². The van der Waals surface area contributed by atoms with Gasteiger partial charge in [0.1, 0.15) is 11.6 Å². The van der Waals surface area contributed by atoms with Crippen LogP contribution in [0.15, 0.2) is 42.6 Å². The summed E-state index contributed by atoms with van der Waals surface area (Å²) in [5.41, 5.74) is 7.41. The molecule has 1 fully saturated rings. The molecule has 1 aromatic carbocycles. The molecule has 1 aromatic heterocycles. The number of phenols is 1. The lowest BCUT2D eigenvalue weighted by Crippen LogP contribution is -2.44. The second-order valence-corrected chi connectivity index (χ2v) is 6.33. The molecule has 1 amide bonds. The highest BCUT2D eigenvalue weighted by Crippen LogP contribution is 2.24. The molecular weight excluding hydrogens is 302 g/mol. The van der Waals surface area contributed by atoms with Crippen molar-refractivity contribution in [3.63, 3.8) is 0 Å². The maximum Gasteiger partial charge on any atom is 0.254 e. The van der Waals surface area contributed by atoms with Crippen LogP contribution in [-0.2, 0) is 6.42 Å². The molecule has 3 rings (SSSR count). The molecule has 2 aromatic rings. The van der Waals surface area contributed by atoms with Crippen LogP contribution >= 0.6 is 0 Å². The fourth-order valence-corrected chi connectivity index (χ4v) is 3.36. The van der Waals surface area contributed by atoms with Crippen molar-refractivity contribution in [2.75, 3.05) is 12.3 Å². The first-order chi connectivity index (χ1) is 11.6. The molecule has 126 valence electrons. The zero-order valence-electron chi connectivity index (χ0n) is 13.7. The first-order valence-corrected chi connectivity index (χ1v) is 8.44. The Bertz CT molecular complexity index is 717. The Morgan fingerprint density at radius 1 is 1.29 bits per heavy atom. The third-order valence-electron chi connectivity index (χ3n) is 4.59. The summed E-state index contributed by atoms with van der Waals surface area (Å²) in [6, 6.07) is 10.9. The monoisotopic (exact) mass is 325 g/mol. The minimum absolute atomic E-state index is 0.0321. The number of amides is 1. The number of likely N-dealkylation sites (tertiary alicyclic amines) is 1. The molecule has 0 spiro atoms. The van der Waals surface area contributed by atoms with Crippen LogP contribution in [0.1, 0.15) is 41.6 Å². The molecule has 5 nitrogen and oxygen atoms in total. The van der Waals surface area contributed by atoms with Crippen LogP contribution in [0, 0.1) is 0 Å². The predicted molar refractivity (Wildman–Crippen MR) is 93.8 cm³/mol. The number of anilines is 1. The van der Waals surface area contributed by atoms with Gasteiger partial charge in [0.25, 0.3) is 5.91 Å². The van der Waals surface area contributed by atoms with Gasteiger partial charge in [0, 0.05) is 24.3 Å². The maximum atomic E-state index is 12.8. The quantitative estimate of drug-likeness (QED) is 0.905. The molecule has 0 radical (unpaired) electrons. The molecule has 3 N–H and O–H groups in total. The molecule has 1 aliphatic heterocycles. The molecule has 0 bridgehead atoms. The van der Waals surface area contributed by atoms with Crippen molar-refractivity contribution in [3.8, 4) is 5.75 Å². The largest absolute Gasteiger partial charge is 0.508 e. The fourth-order valence-electron chi connectivity index (χ4n) is 3.36. The van der Waals surface area contributed by atoms with Gasteiger partial charge >= 0.3 is 0 Å². The molecule has 0 saturated carbocycles. The van der Waals surface area contributed by atoms with Crippen LogP contribution in [0.3, 0.4) is 0 Å². The number of nitrogens with two attached hydrogens (primary N) is 1. The standard InChI is InChI=1S/C19H23N3O2/c20-18-13-15(9-10-21-18)19(24)22-11-2-1-5-16(22)8-7-14-4-3-6-17(23)12-14/h3-4,6,9-10,12-13,16,23H,1-2,5,7-8,11H2,(H2,20,21)/t16-/m1/s1. The number of carbonyl (C=O) groups excluding carboxylic acids is 1. The number of benzene rings is 1. The van der Waals surface area contributed by atoms with E-state index in [1.165, 1.54) is 0 Å². The number of hydrogen-bond donors (Lipinski definition) is 2. The lowest BCUT2D eigenvalue weighted by molar-refractivity contribution is 0.0602. The van der Waals surface area contributed by atoms with Gasteiger partial charge in [-0.3, -0.25) is 4.79 Å². The van der Waals surface area contributed by atoms with E-state index >= 15 is 0 Å². The summed E-state index contributed by atoms with van der Waals surface area (Å²) in [5, 5.41) is 9.58. The fraction of sp³-hybridized carbons (Fsp3) is 0.368. The van der Waals surface area contributed by atoms with Gasteiger partial charge in [0.05, 0.1) is 0 Å². The van der Waals surface area contributed by atoms with Gasteiger partial charge in [0.15, 0.2) is 0 Å². The Balaban J connectivity index is 1.70. The van der Waals surface area contributed by atoms with E-state index in [0.717, 1.165) is 44.2 Å². The van der Waals surface area contributed by atoms with Crippen LogP contribution in [0.5, 0.6) is 5.75 Å². The van der Waals surface area contributed by atoms with E-state index in [-0.39, 0.29) is 17.7 Å². The lowest BCUT2D eigenvalue weighted by atomic mass is 9.95. The minimum atomic E-state index is 0.0321. The Morgan fingerprint density at radius 3 is 2.96 bits per heavy atom. The summed E-state index contributed by atoms with van der Waals surface area (Å²) in [6.45, 7) is 0.783. The topological polar surface area (TPSA) is 79.5 Å². The highest BCUT2D eigenvalue weighted by molar-refractivity contribution is 5.95. The normalized spacial score (nSPS) is 17.7. The number of aromatic nitrogens is 1. The summed E-state index contributed by atoms with van der Waals surface area (Å²) in [4.78, 5) is 18.8. The summed E-state index contributed by atoms with van der Waals surface area (Å²) in [6.07, 6.45) is 6.53. The molecule has 1 saturated heterocycles. The number of carbonyl (C=O) groups is 1. The Kier molecular flexibility index (Phi) is 4.99. The summed E-state index contributed by atoms with van der Waals surface area (Å²) in [5.74, 6) is 0.690. The number of aryl methyl sites for hydroxylation is 1. The van der Waals surface area contributed by atoms with Crippen molar-refractivity contribution in [2.45, 2.75) is 38.1 Å². The molecule has 2 heterocycles. The van der Waals surface area contributed by atoms with E-state index in [1.54, 1.807) is 30.5 Å². The van der Waals surface area contributed by atoms with Gasteiger partial charge < -0.3 is 15.7 Å². The molecule has 5 heteroatoms. The van der Waals surface area contributed by atoms with Crippen LogP contribution < -0.4 is 5.73 Å². The summed E-state index contributed by atoms with van der Waals surface area (Å²) >= 11 is 0. The van der Waals surface area contributed by atoms with E-state index < -0.39 is 0 Å². The van der Waals surface area contributed by atoms with Crippen LogP contribution in [-0.4, -0.2) is 33.5 Å². The summed E-state index contributed by atoms with van der Waals surface area (Å²) in [7, 11) is 0. The van der Waals surface area contributed by atoms with Crippen molar-refractivity contribution in [1.82, 2.24) is 9.88 Å². The molecule has 1 aliphatic rings. The lowest BCUT2D eigenvalue weighted by Gasteiger charge is -2.36. The number of pyridine rings is 1. The maximum absolute atomic E-state index is 12.8. The van der Waals surface area contributed by atoms with E-state index in [0.29, 0.717) is 11.4 Å². The number of hydrogen-bond acceptors (Lipinski definition) is 4. The van der Waals surface area contributed by atoms with Gasteiger partial charge in [0.2, 0.25) is 0 Å². The predicted octanol–water partition coefficient (Wildman–Crippen LogP) is 3.00. The van der Waals surface area contributed by atoms with Crippen molar-refractivity contribution >= 4 is 11.7 Å². The third kappa shape index (κ3) is 3.85. The molecule has 0 aliphatic carbocycles. The van der Waals surface area contributed by atoms with Gasteiger partial charge in [-0.15, -0.1) is 0 Å². The van der Waals surface area contributed by atoms with Crippen LogP contribution in [0.4, 0.5) is 5.82 Å². The van der Waals surface area contributed by atoms with Crippen molar-refractivity contribution < 1.29 is 9.90 Å². The minimum Gasteiger partial charge on any atom is -0.508 e. The van der Waals surface area contributed by atoms with Gasteiger partial charge in [-0.05, 0) is 61.9 Å². The Hall–Kier alpha value is -2.56. The summed E-state index contributed by atoms with van der Waals surface area (Å²) < 4.78 is 0. The Labute approximate surface area is 142 Å². The van der Waals surface area contributed by atoms with E-state index in [9.17, 15) is 9.90 Å². The second-order valence-electron chi connectivity index (χ2n) is 6.33. The first-order valence-electron chi connectivity index (χ1n) is 8.44.